The van der Waals surface area contributed by atoms with Gasteiger partial charge in [0.25, 0.3) is 0 Å². The second kappa shape index (κ2) is 6.20. The van der Waals surface area contributed by atoms with Gasteiger partial charge >= 0.3 is 0 Å². The summed E-state index contributed by atoms with van der Waals surface area (Å²) in [5, 5.41) is 0. The molecular weight excluding hydrogens is 246 g/mol. The summed E-state index contributed by atoms with van der Waals surface area (Å²) in [6.07, 6.45) is 3.47. The van der Waals surface area contributed by atoms with Crippen molar-refractivity contribution < 1.29 is 4.79 Å². The second-order valence-corrected chi connectivity index (χ2v) is 5.05. The summed E-state index contributed by atoms with van der Waals surface area (Å²) >= 11 is 0. The number of carbonyl (C=O) groups is 1. The first-order valence-corrected chi connectivity index (χ1v) is 6.63. The van der Waals surface area contributed by atoms with Gasteiger partial charge in [0, 0.05) is 25.3 Å². The number of benzene rings is 2. The van der Waals surface area contributed by atoms with E-state index in [4.69, 9.17) is 0 Å². The fraction of sp³-hybridized carbons (Fsp3) is 0.167. The summed E-state index contributed by atoms with van der Waals surface area (Å²) in [6.45, 7) is 2.01. The normalized spacial score (nSPS) is 10.8. The van der Waals surface area contributed by atoms with Crippen molar-refractivity contribution in [2.45, 2.75) is 6.92 Å². The number of hydrogen-bond acceptors (Lipinski definition) is 2. The third-order valence-corrected chi connectivity index (χ3v) is 3.17. The highest BCUT2D eigenvalue weighted by molar-refractivity contribution is 6.06. The van der Waals surface area contributed by atoms with Gasteiger partial charge in [-0.1, -0.05) is 48.0 Å². The van der Waals surface area contributed by atoms with Gasteiger partial charge in [-0.2, -0.15) is 0 Å². The maximum atomic E-state index is 12.0. The number of carbonyl (C=O) groups excluding carboxylic acids is 1. The van der Waals surface area contributed by atoms with E-state index >= 15 is 0 Å². The number of rotatable bonds is 4. The highest BCUT2D eigenvalue weighted by Gasteiger charge is 2.00. The van der Waals surface area contributed by atoms with Gasteiger partial charge in [0.1, 0.15) is 0 Å². The topological polar surface area (TPSA) is 20.3 Å². The van der Waals surface area contributed by atoms with E-state index in [0.29, 0.717) is 0 Å². The number of ketones is 1. The molecule has 0 N–H and O–H groups in total. The van der Waals surface area contributed by atoms with Crippen LogP contribution in [0.2, 0.25) is 0 Å². The fourth-order valence-electron chi connectivity index (χ4n) is 1.87. The molecule has 0 atom stereocenters. The van der Waals surface area contributed by atoms with E-state index in [2.05, 4.69) is 0 Å². The Kier molecular flexibility index (Phi) is 4.36. The Bertz CT molecular complexity index is 607. The second-order valence-electron chi connectivity index (χ2n) is 5.05. The molecule has 0 aliphatic rings. The van der Waals surface area contributed by atoms with Crippen molar-refractivity contribution in [1.82, 2.24) is 0 Å². The maximum absolute atomic E-state index is 12.0. The first kappa shape index (κ1) is 14.1. The van der Waals surface area contributed by atoms with Crippen molar-refractivity contribution in [1.29, 1.82) is 0 Å². The molecule has 2 aromatic rings. The van der Waals surface area contributed by atoms with Crippen LogP contribution in [-0.2, 0) is 0 Å². The minimum Gasteiger partial charge on any atom is -0.378 e. The molecule has 0 amide bonds. The lowest BCUT2D eigenvalue weighted by atomic mass is 10.1. The van der Waals surface area contributed by atoms with Gasteiger partial charge < -0.3 is 4.90 Å². The van der Waals surface area contributed by atoms with Crippen LogP contribution in [0, 0.1) is 6.92 Å². The van der Waals surface area contributed by atoms with Crippen molar-refractivity contribution in [3.8, 4) is 0 Å². The van der Waals surface area contributed by atoms with E-state index in [0.717, 1.165) is 22.4 Å². The van der Waals surface area contributed by atoms with Gasteiger partial charge in [0.2, 0.25) is 0 Å². The Labute approximate surface area is 120 Å². The molecule has 0 saturated heterocycles. The molecule has 20 heavy (non-hydrogen) atoms. The van der Waals surface area contributed by atoms with Crippen LogP contribution in [0.1, 0.15) is 21.5 Å². The molecule has 2 nitrogen and oxygen atoms in total. The molecule has 0 heterocycles. The van der Waals surface area contributed by atoms with E-state index in [-0.39, 0.29) is 5.78 Å². The van der Waals surface area contributed by atoms with E-state index < -0.39 is 0 Å². The zero-order valence-electron chi connectivity index (χ0n) is 12.1. The zero-order valence-corrected chi connectivity index (χ0v) is 12.1. The van der Waals surface area contributed by atoms with Gasteiger partial charge in [-0.05, 0) is 30.7 Å². The standard InChI is InChI=1S/C18H19NO/c1-14-4-9-16(10-5-14)18(20)13-8-15-6-11-17(12-7-15)19(2)3/h4-13H,1-3H3/b13-8-. The zero-order chi connectivity index (χ0) is 14.5. The van der Waals surface area contributed by atoms with Crippen LogP contribution in [0.5, 0.6) is 0 Å². The van der Waals surface area contributed by atoms with Crippen molar-refractivity contribution in [2.75, 3.05) is 19.0 Å². The molecule has 0 aromatic heterocycles. The molecule has 0 bridgehead atoms. The Morgan fingerprint density at radius 1 is 0.950 bits per heavy atom. The third-order valence-electron chi connectivity index (χ3n) is 3.17. The molecule has 0 aliphatic heterocycles. The van der Waals surface area contributed by atoms with E-state index in [1.807, 2.05) is 80.5 Å². The first-order valence-electron chi connectivity index (χ1n) is 6.63. The monoisotopic (exact) mass is 265 g/mol. The van der Waals surface area contributed by atoms with Crippen molar-refractivity contribution >= 4 is 17.5 Å². The lowest BCUT2D eigenvalue weighted by molar-refractivity contribution is 0.104. The van der Waals surface area contributed by atoms with Gasteiger partial charge in [-0.15, -0.1) is 0 Å². The highest BCUT2D eigenvalue weighted by atomic mass is 16.1. The number of aryl methyl sites for hydroxylation is 1. The molecule has 0 saturated carbocycles. The molecular formula is C18H19NO. The highest BCUT2D eigenvalue weighted by Crippen LogP contribution is 2.13. The molecule has 2 heteroatoms. The number of allylic oxidation sites excluding steroid dienone is 1. The molecule has 0 spiro atoms. The molecule has 2 aromatic carbocycles. The van der Waals surface area contributed by atoms with Crippen LogP contribution in [0.4, 0.5) is 5.69 Å². The van der Waals surface area contributed by atoms with Gasteiger partial charge in [-0.3, -0.25) is 4.79 Å². The Hall–Kier alpha value is -2.35. The first-order chi connectivity index (χ1) is 9.56. The van der Waals surface area contributed by atoms with Gasteiger partial charge in [-0.25, -0.2) is 0 Å². The maximum Gasteiger partial charge on any atom is 0.185 e. The van der Waals surface area contributed by atoms with Crippen molar-refractivity contribution in [2.24, 2.45) is 0 Å². The van der Waals surface area contributed by atoms with E-state index in [1.165, 1.54) is 0 Å². The molecule has 102 valence electrons. The van der Waals surface area contributed by atoms with Gasteiger partial charge in [0.05, 0.1) is 0 Å². The van der Waals surface area contributed by atoms with E-state index in [1.54, 1.807) is 6.08 Å². The average molecular weight is 265 g/mol. The van der Waals surface area contributed by atoms with Crippen molar-refractivity contribution in [3.63, 3.8) is 0 Å². The van der Waals surface area contributed by atoms with Crippen LogP contribution in [0.3, 0.4) is 0 Å². The Morgan fingerprint density at radius 3 is 2.10 bits per heavy atom. The van der Waals surface area contributed by atoms with Crippen LogP contribution in [-0.4, -0.2) is 19.9 Å². The van der Waals surface area contributed by atoms with Crippen LogP contribution < -0.4 is 4.90 Å². The average Bonchev–Trinajstić information content (AvgIpc) is 2.46. The summed E-state index contributed by atoms with van der Waals surface area (Å²) in [7, 11) is 4.01. The predicted molar refractivity (Wildman–Crippen MR) is 85.3 cm³/mol. The summed E-state index contributed by atoms with van der Waals surface area (Å²) in [5.74, 6) is 0.0293. The molecule has 0 fully saturated rings. The number of hydrogen-bond donors (Lipinski definition) is 0. The Morgan fingerprint density at radius 2 is 1.55 bits per heavy atom. The van der Waals surface area contributed by atoms with Gasteiger partial charge in [0.15, 0.2) is 5.78 Å². The lowest BCUT2D eigenvalue weighted by Crippen LogP contribution is -2.07. The minimum atomic E-state index is 0.0293. The lowest BCUT2D eigenvalue weighted by Gasteiger charge is -2.11. The fourth-order valence-corrected chi connectivity index (χ4v) is 1.87. The van der Waals surface area contributed by atoms with Crippen molar-refractivity contribution in [3.05, 3.63) is 71.3 Å². The van der Waals surface area contributed by atoms with E-state index in [9.17, 15) is 4.79 Å². The summed E-state index contributed by atoms with van der Waals surface area (Å²) < 4.78 is 0. The van der Waals surface area contributed by atoms with Crippen LogP contribution in [0.25, 0.3) is 6.08 Å². The summed E-state index contributed by atoms with van der Waals surface area (Å²) in [5.41, 5.74) is 4.05. The van der Waals surface area contributed by atoms with Crippen LogP contribution in [0.15, 0.2) is 54.6 Å². The molecule has 2 rings (SSSR count). The van der Waals surface area contributed by atoms with Crippen LogP contribution >= 0.6 is 0 Å². The quantitative estimate of drug-likeness (QED) is 0.616. The number of anilines is 1. The minimum absolute atomic E-state index is 0.0293. The predicted octanol–water partition coefficient (Wildman–Crippen LogP) is 3.96. The SMILES string of the molecule is Cc1ccc(C(=O)/C=C\c2ccc(N(C)C)cc2)cc1. The smallest absolute Gasteiger partial charge is 0.185 e. The molecule has 0 radical (unpaired) electrons. The summed E-state index contributed by atoms with van der Waals surface area (Å²) in [6, 6.07) is 15.7. The third kappa shape index (κ3) is 3.58. The molecule has 0 aliphatic carbocycles. The largest absolute Gasteiger partial charge is 0.378 e. The number of nitrogens with zero attached hydrogens (tertiary/aromatic N) is 1. The Balaban J connectivity index is 2.08. The molecule has 0 unspecified atom stereocenters. The summed E-state index contributed by atoms with van der Waals surface area (Å²) in [4.78, 5) is 14.1.